The zero-order valence-corrected chi connectivity index (χ0v) is 39.1. The molecule has 6 aromatic rings. The quantitative estimate of drug-likeness (QED) is 0.126. The van der Waals surface area contributed by atoms with Crippen LogP contribution in [0.4, 0.5) is 5.69 Å². The molecule has 0 bridgehead atoms. The summed E-state index contributed by atoms with van der Waals surface area (Å²) in [5, 5.41) is 0. The average Bonchev–Trinajstić information content (AvgIpc) is 4.22. The maximum atomic E-state index is 2.38. The number of anilines is 1. The van der Waals surface area contributed by atoms with Crippen molar-refractivity contribution in [3.63, 3.8) is 0 Å². The molecule has 0 amide bonds. The molecule has 0 radical (unpaired) electrons. The van der Waals surface area contributed by atoms with Crippen LogP contribution < -0.4 is 4.90 Å². The van der Waals surface area contributed by atoms with Gasteiger partial charge in [-0.2, -0.15) is 0 Å². The van der Waals surface area contributed by atoms with Crippen LogP contribution in [0.5, 0.6) is 0 Å². The highest BCUT2D eigenvalue weighted by molar-refractivity contribution is 5.63. The Morgan fingerprint density at radius 3 is 1.25 bits per heavy atom. The van der Waals surface area contributed by atoms with Crippen molar-refractivity contribution in [1.82, 2.24) is 0 Å². The molecule has 1 nitrogen and oxygen atoms in total. The fourth-order valence-corrected chi connectivity index (χ4v) is 8.31. The molecule has 1 heteroatoms. The summed E-state index contributed by atoms with van der Waals surface area (Å²) in [7, 11) is 2.20. The van der Waals surface area contributed by atoms with Crippen molar-refractivity contribution in [3.8, 4) is 11.1 Å². The molecule has 0 aromatic heterocycles. The standard InChI is InChI=1S/C18H20.C15H16.C14H21N.C13H18/c1-14(2)15-8-10-17(11-9-15)18(12-13-18)16-6-4-3-5-7-16;1-12(2)13-8-10-15(11-9-13)14-6-4-3-5-7-14;1-11(2)13-6-8-14(9-7-13)15(3)10-12-4-5-12;1-10(2)11-6-8-13(9-7-11)12-4-3-5-12/h3-11,14H,12-13H2,1-2H3;3-12H,1-2H3;6-9,11-12H,4-5,10H2,1-3H3;6-10,12H,3-5H2,1-2H3. The molecule has 0 atom stereocenters. The third-order valence-corrected chi connectivity index (χ3v) is 13.3. The maximum Gasteiger partial charge on any atom is 0.0363 e. The molecule has 61 heavy (non-hydrogen) atoms. The van der Waals surface area contributed by atoms with Gasteiger partial charge in [-0.1, -0.05) is 207 Å². The van der Waals surface area contributed by atoms with Crippen molar-refractivity contribution < 1.29 is 0 Å². The van der Waals surface area contributed by atoms with Gasteiger partial charge in [0.1, 0.15) is 0 Å². The van der Waals surface area contributed by atoms with Gasteiger partial charge in [0.15, 0.2) is 0 Å². The Morgan fingerprint density at radius 2 is 0.836 bits per heavy atom. The summed E-state index contributed by atoms with van der Waals surface area (Å²) < 4.78 is 0. The maximum absolute atomic E-state index is 2.38. The van der Waals surface area contributed by atoms with E-state index in [1.165, 1.54) is 102 Å². The van der Waals surface area contributed by atoms with E-state index in [1.807, 2.05) is 6.07 Å². The van der Waals surface area contributed by atoms with E-state index in [2.05, 4.69) is 219 Å². The Morgan fingerprint density at radius 1 is 0.443 bits per heavy atom. The summed E-state index contributed by atoms with van der Waals surface area (Å²) in [6, 6.07) is 57.7. The highest BCUT2D eigenvalue weighted by atomic mass is 15.1. The second-order valence-electron chi connectivity index (χ2n) is 19.4. The van der Waals surface area contributed by atoms with Gasteiger partial charge in [0, 0.05) is 24.7 Å². The van der Waals surface area contributed by atoms with Gasteiger partial charge in [-0.25, -0.2) is 0 Å². The van der Waals surface area contributed by atoms with Crippen LogP contribution in [0.2, 0.25) is 0 Å². The molecular formula is C60H75N. The Balaban J connectivity index is 0.000000137. The number of benzene rings is 6. The highest BCUT2D eigenvalue weighted by Crippen LogP contribution is 2.53. The van der Waals surface area contributed by atoms with Gasteiger partial charge in [-0.05, 0) is 136 Å². The Kier molecular flexibility index (Phi) is 16.3. The largest absolute Gasteiger partial charge is 0.374 e. The lowest BCUT2D eigenvalue weighted by molar-refractivity contribution is 0.419. The van der Waals surface area contributed by atoms with E-state index in [-0.39, 0.29) is 0 Å². The fraction of sp³-hybridized carbons (Fsp3) is 0.400. The van der Waals surface area contributed by atoms with E-state index >= 15 is 0 Å². The van der Waals surface area contributed by atoms with Gasteiger partial charge in [0.05, 0.1) is 0 Å². The molecule has 0 spiro atoms. The summed E-state index contributed by atoms with van der Waals surface area (Å²) in [6.07, 6.45) is 9.66. The van der Waals surface area contributed by atoms with Crippen molar-refractivity contribution in [3.05, 3.63) is 197 Å². The van der Waals surface area contributed by atoms with E-state index in [0.29, 0.717) is 29.1 Å². The molecule has 320 valence electrons. The lowest BCUT2D eigenvalue weighted by atomic mass is 9.80. The first-order chi connectivity index (χ1) is 29.4. The normalized spacial score (nSPS) is 15.2. The molecule has 0 unspecified atom stereocenters. The lowest BCUT2D eigenvalue weighted by Crippen LogP contribution is -2.19. The van der Waals surface area contributed by atoms with Crippen LogP contribution in [-0.4, -0.2) is 13.6 Å². The molecule has 0 saturated heterocycles. The Hall–Kier alpha value is -4.88. The van der Waals surface area contributed by atoms with Gasteiger partial charge >= 0.3 is 0 Å². The highest BCUT2D eigenvalue weighted by Gasteiger charge is 2.45. The first kappa shape index (κ1) is 45.6. The number of hydrogen-bond acceptors (Lipinski definition) is 1. The second kappa shape index (κ2) is 21.8. The summed E-state index contributed by atoms with van der Waals surface area (Å²) in [5.74, 6) is 4.35. The van der Waals surface area contributed by atoms with Crippen LogP contribution >= 0.6 is 0 Å². The Labute approximate surface area is 371 Å². The molecule has 6 aromatic carbocycles. The number of rotatable bonds is 11. The van der Waals surface area contributed by atoms with Gasteiger partial charge in [-0.3, -0.25) is 0 Å². The van der Waals surface area contributed by atoms with Crippen molar-refractivity contribution in [2.24, 2.45) is 5.92 Å². The van der Waals surface area contributed by atoms with Crippen molar-refractivity contribution in [2.75, 3.05) is 18.5 Å². The SMILES string of the molecule is CC(C)c1ccc(-c2ccccc2)cc1.CC(C)c1ccc(C2(c3ccccc3)CC2)cc1.CC(C)c1ccc(C2CCC2)cc1.CC(C)c1ccc(N(C)CC2CC2)cc1. The minimum Gasteiger partial charge on any atom is -0.374 e. The third-order valence-electron chi connectivity index (χ3n) is 13.3. The van der Waals surface area contributed by atoms with Crippen LogP contribution in [0.3, 0.4) is 0 Å². The van der Waals surface area contributed by atoms with Gasteiger partial charge in [0.25, 0.3) is 0 Å². The van der Waals surface area contributed by atoms with Crippen LogP contribution in [0, 0.1) is 5.92 Å². The number of nitrogens with zero attached hydrogens (tertiary/aromatic N) is 1. The average molecular weight is 810 g/mol. The van der Waals surface area contributed by atoms with Gasteiger partial charge < -0.3 is 4.90 Å². The van der Waals surface area contributed by atoms with Crippen LogP contribution in [0.1, 0.15) is 169 Å². The van der Waals surface area contributed by atoms with E-state index in [1.54, 1.807) is 5.56 Å². The number of hydrogen-bond donors (Lipinski definition) is 0. The molecule has 0 N–H and O–H groups in total. The third kappa shape index (κ3) is 13.1. The smallest absolute Gasteiger partial charge is 0.0363 e. The first-order valence-electron chi connectivity index (χ1n) is 23.7. The zero-order chi connectivity index (χ0) is 43.4. The minimum atomic E-state index is 0.316. The van der Waals surface area contributed by atoms with E-state index in [4.69, 9.17) is 0 Å². The van der Waals surface area contributed by atoms with Crippen LogP contribution in [0.15, 0.2) is 158 Å². The van der Waals surface area contributed by atoms with Crippen LogP contribution in [-0.2, 0) is 5.41 Å². The van der Waals surface area contributed by atoms with Gasteiger partial charge in [0.2, 0.25) is 0 Å². The molecule has 0 heterocycles. The molecule has 3 saturated carbocycles. The minimum absolute atomic E-state index is 0.316. The van der Waals surface area contributed by atoms with Crippen molar-refractivity contribution in [2.45, 2.75) is 135 Å². The predicted molar refractivity (Wildman–Crippen MR) is 267 cm³/mol. The predicted octanol–water partition coefficient (Wildman–Crippen LogP) is 17.1. The zero-order valence-electron chi connectivity index (χ0n) is 39.1. The molecule has 9 rings (SSSR count). The molecule has 0 aliphatic heterocycles. The summed E-state index contributed by atoms with van der Waals surface area (Å²) in [5.41, 5.74) is 14.5. The van der Waals surface area contributed by atoms with Gasteiger partial charge in [-0.15, -0.1) is 0 Å². The van der Waals surface area contributed by atoms with Crippen LogP contribution in [0.25, 0.3) is 11.1 Å². The summed E-state index contributed by atoms with van der Waals surface area (Å²) >= 11 is 0. The molecule has 3 aliphatic carbocycles. The van der Waals surface area contributed by atoms with E-state index in [0.717, 1.165) is 11.8 Å². The monoisotopic (exact) mass is 810 g/mol. The first-order valence-corrected chi connectivity index (χ1v) is 23.7. The molecule has 3 fully saturated rings. The van der Waals surface area contributed by atoms with Crippen molar-refractivity contribution >= 4 is 5.69 Å². The van der Waals surface area contributed by atoms with E-state index in [9.17, 15) is 0 Å². The second-order valence-corrected chi connectivity index (χ2v) is 19.4. The Bertz CT molecular complexity index is 2130. The van der Waals surface area contributed by atoms with E-state index < -0.39 is 0 Å². The molecule has 3 aliphatic rings. The molecular weight excluding hydrogens is 735 g/mol. The van der Waals surface area contributed by atoms with Crippen molar-refractivity contribution in [1.29, 1.82) is 0 Å². The summed E-state index contributed by atoms with van der Waals surface area (Å²) in [6.45, 7) is 19.1. The summed E-state index contributed by atoms with van der Waals surface area (Å²) in [4.78, 5) is 2.38. The topological polar surface area (TPSA) is 3.24 Å². The lowest BCUT2D eigenvalue weighted by Gasteiger charge is -2.26. The fourth-order valence-electron chi connectivity index (χ4n) is 8.31.